The fraction of sp³-hybridized carbons (Fsp3) is 0.286. The second-order valence-electron chi connectivity index (χ2n) is 7.34. The highest BCUT2D eigenvalue weighted by Gasteiger charge is 2.49. The van der Waals surface area contributed by atoms with Crippen LogP contribution in [-0.4, -0.2) is 29.3 Å². The summed E-state index contributed by atoms with van der Waals surface area (Å²) in [5.41, 5.74) is 2.58. The van der Waals surface area contributed by atoms with E-state index in [4.69, 9.17) is 11.6 Å². The van der Waals surface area contributed by atoms with Crippen LogP contribution in [0, 0.1) is 0 Å². The summed E-state index contributed by atoms with van der Waals surface area (Å²) >= 11 is 5.91. The van der Waals surface area contributed by atoms with E-state index < -0.39 is 23.4 Å². The Balaban J connectivity index is 1.51. The van der Waals surface area contributed by atoms with Crippen LogP contribution in [0.4, 0.5) is 10.5 Å². The third kappa shape index (κ3) is 3.24. The van der Waals surface area contributed by atoms with Crippen molar-refractivity contribution in [1.29, 1.82) is 0 Å². The van der Waals surface area contributed by atoms with Crippen molar-refractivity contribution in [3.63, 3.8) is 0 Å². The van der Waals surface area contributed by atoms with Gasteiger partial charge in [0.15, 0.2) is 0 Å². The van der Waals surface area contributed by atoms with E-state index in [1.807, 2.05) is 18.2 Å². The van der Waals surface area contributed by atoms with Gasteiger partial charge < -0.3 is 10.6 Å². The molecule has 6 nitrogen and oxygen atoms in total. The van der Waals surface area contributed by atoms with E-state index >= 15 is 0 Å². The summed E-state index contributed by atoms with van der Waals surface area (Å²) in [5, 5.41) is 5.89. The summed E-state index contributed by atoms with van der Waals surface area (Å²) in [5.74, 6) is -0.902. The smallest absolute Gasteiger partial charge is 0.324 e. The zero-order valence-electron chi connectivity index (χ0n) is 15.4. The summed E-state index contributed by atoms with van der Waals surface area (Å²) in [6.45, 7) is 1.32. The van der Waals surface area contributed by atoms with Gasteiger partial charge >= 0.3 is 6.03 Å². The summed E-state index contributed by atoms with van der Waals surface area (Å²) in [6, 6.07) is 12.0. The van der Waals surface area contributed by atoms with Crippen molar-refractivity contribution >= 4 is 35.1 Å². The maximum atomic E-state index is 13.0. The van der Waals surface area contributed by atoms with Gasteiger partial charge in [0.1, 0.15) is 12.1 Å². The van der Waals surface area contributed by atoms with Gasteiger partial charge in [-0.3, -0.25) is 14.5 Å². The number of imide groups is 1. The second-order valence-corrected chi connectivity index (χ2v) is 7.78. The lowest BCUT2D eigenvalue weighted by Gasteiger charge is -2.23. The molecule has 144 valence electrons. The number of carbonyl (C=O) groups is 3. The molecule has 0 saturated carbocycles. The van der Waals surface area contributed by atoms with Crippen LogP contribution in [0.1, 0.15) is 30.0 Å². The standard InChI is InChI=1S/C21H20ClN3O3/c1-21(15-9-8-13-4-2-5-14(13)10-15)19(27)25(20(28)24-21)12-18(26)23-17-7-3-6-16(22)11-17/h3,6-11H,2,4-5,12H2,1H3,(H,23,26)(H,24,28)/t21-/m1/s1. The molecule has 1 fully saturated rings. The molecule has 0 unspecified atom stereocenters. The number of amides is 4. The number of nitrogens with one attached hydrogen (secondary N) is 2. The molecular formula is C21H20ClN3O3. The molecule has 28 heavy (non-hydrogen) atoms. The van der Waals surface area contributed by atoms with Crippen LogP contribution in [0.2, 0.25) is 5.02 Å². The van der Waals surface area contributed by atoms with Crippen LogP contribution < -0.4 is 10.6 Å². The molecule has 1 aliphatic heterocycles. The van der Waals surface area contributed by atoms with Crippen LogP contribution in [0.25, 0.3) is 0 Å². The lowest BCUT2D eigenvalue weighted by atomic mass is 9.89. The minimum absolute atomic E-state index is 0.363. The highest BCUT2D eigenvalue weighted by Crippen LogP contribution is 2.32. The number of benzene rings is 2. The molecule has 0 aromatic heterocycles. The maximum Gasteiger partial charge on any atom is 0.325 e. The van der Waals surface area contributed by atoms with Gasteiger partial charge in [0.2, 0.25) is 5.91 Å². The summed E-state index contributed by atoms with van der Waals surface area (Å²) in [7, 11) is 0. The van der Waals surface area contributed by atoms with E-state index in [0.717, 1.165) is 29.7 Å². The number of rotatable bonds is 4. The number of urea groups is 1. The molecule has 7 heteroatoms. The van der Waals surface area contributed by atoms with Crippen molar-refractivity contribution in [3.05, 3.63) is 64.2 Å². The number of hydrogen-bond donors (Lipinski definition) is 2. The molecule has 2 aromatic carbocycles. The average molecular weight is 398 g/mol. The number of halogens is 1. The second kappa shape index (κ2) is 6.95. The van der Waals surface area contributed by atoms with Crippen LogP contribution in [-0.2, 0) is 28.0 Å². The predicted octanol–water partition coefficient (Wildman–Crippen LogP) is 3.23. The van der Waals surface area contributed by atoms with Crippen molar-refractivity contribution in [2.75, 3.05) is 11.9 Å². The Kier molecular flexibility index (Phi) is 4.59. The SMILES string of the molecule is C[C@]1(c2ccc3c(c2)CCC3)NC(=O)N(CC(=O)Nc2cccc(Cl)c2)C1=O. The molecule has 1 atom stereocenters. The Bertz CT molecular complexity index is 991. The molecule has 1 saturated heterocycles. The van der Waals surface area contributed by atoms with E-state index in [0.29, 0.717) is 10.7 Å². The van der Waals surface area contributed by atoms with E-state index in [2.05, 4.69) is 10.6 Å². The van der Waals surface area contributed by atoms with E-state index in [9.17, 15) is 14.4 Å². The molecular weight excluding hydrogens is 378 g/mol. The average Bonchev–Trinajstić information content (AvgIpc) is 3.20. The highest BCUT2D eigenvalue weighted by atomic mass is 35.5. The first-order valence-corrected chi connectivity index (χ1v) is 9.56. The quantitative estimate of drug-likeness (QED) is 0.777. The molecule has 4 amide bonds. The molecule has 2 aromatic rings. The lowest BCUT2D eigenvalue weighted by molar-refractivity contribution is -0.133. The Hall–Kier alpha value is -2.86. The van der Waals surface area contributed by atoms with Gasteiger partial charge in [-0.2, -0.15) is 0 Å². The van der Waals surface area contributed by atoms with Crippen LogP contribution >= 0.6 is 11.6 Å². The van der Waals surface area contributed by atoms with Gasteiger partial charge in [0, 0.05) is 10.7 Å². The first-order valence-electron chi connectivity index (χ1n) is 9.18. The molecule has 4 rings (SSSR count). The first-order chi connectivity index (χ1) is 13.4. The van der Waals surface area contributed by atoms with Crippen LogP contribution in [0.3, 0.4) is 0 Å². The van der Waals surface area contributed by atoms with Gasteiger partial charge in [-0.25, -0.2) is 4.79 Å². The summed E-state index contributed by atoms with van der Waals surface area (Å²) < 4.78 is 0. The van der Waals surface area contributed by atoms with Crippen LogP contribution in [0.15, 0.2) is 42.5 Å². The van der Waals surface area contributed by atoms with Crippen molar-refractivity contribution in [1.82, 2.24) is 10.2 Å². The monoisotopic (exact) mass is 397 g/mol. The summed E-state index contributed by atoms with van der Waals surface area (Å²) in [4.78, 5) is 38.8. The van der Waals surface area contributed by atoms with Gasteiger partial charge in [0.25, 0.3) is 5.91 Å². The Labute approximate surface area is 167 Å². The number of anilines is 1. The Morgan fingerprint density at radius 2 is 1.96 bits per heavy atom. The topological polar surface area (TPSA) is 78.5 Å². The predicted molar refractivity (Wildman–Crippen MR) is 106 cm³/mol. The minimum atomic E-state index is -1.18. The van der Waals surface area contributed by atoms with Gasteiger partial charge in [-0.15, -0.1) is 0 Å². The van der Waals surface area contributed by atoms with Crippen molar-refractivity contribution in [3.8, 4) is 0 Å². The summed E-state index contributed by atoms with van der Waals surface area (Å²) in [6.07, 6.45) is 3.13. The molecule has 1 heterocycles. The molecule has 0 radical (unpaired) electrons. The Morgan fingerprint density at radius 1 is 1.18 bits per heavy atom. The largest absolute Gasteiger partial charge is 0.325 e. The molecule has 2 aliphatic rings. The first kappa shape index (κ1) is 18.5. The fourth-order valence-corrected chi connectivity index (χ4v) is 4.02. The highest BCUT2D eigenvalue weighted by molar-refractivity contribution is 6.30. The maximum absolute atomic E-state index is 13.0. The number of hydrogen-bond acceptors (Lipinski definition) is 3. The zero-order chi connectivity index (χ0) is 19.9. The number of carbonyl (C=O) groups excluding carboxylic acids is 3. The fourth-order valence-electron chi connectivity index (χ4n) is 3.83. The lowest BCUT2D eigenvalue weighted by Crippen LogP contribution is -2.42. The van der Waals surface area contributed by atoms with Crippen molar-refractivity contribution in [2.45, 2.75) is 31.7 Å². The Morgan fingerprint density at radius 3 is 2.75 bits per heavy atom. The molecule has 1 aliphatic carbocycles. The zero-order valence-corrected chi connectivity index (χ0v) is 16.2. The molecule has 0 spiro atoms. The van der Waals surface area contributed by atoms with E-state index in [-0.39, 0.29) is 6.54 Å². The minimum Gasteiger partial charge on any atom is -0.324 e. The third-order valence-electron chi connectivity index (χ3n) is 5.36. The van der Waals surface area contributed by atoms with Gasteiger partial charge in [-0.05, 0) is 61.1 Å². The number of aryl methyl sites for hydroxylation is 2. The van der Waals surface area contributed by atoms with E-state index in [1.165, 1.54) is 11.1 Å². The number of nitrogens with zero attached hydrogens (tertiary/aromatic N) is 1. The molecule has 0 bridgehead atoms. The number of fused-ring (bicyclic) bond motifs is 1. The third-order valence-corrected chi connectivity index (χ3v) is 5.60. The normalized spacial score (nSPS) is 20.9. The molecule has 2 N–H and O–H groups in total. The van der Waals surface area contributed by atoms with Crippen LogP contribution in [0.5, 0.6) is 0 Å². The van der Waals surface area contributed by atoms with Gasteiger partial charge in [0.05, 0.1) is 0 Å². The van der Waals surface area contributed by atoms with E-state index in [1.54, 1.807) is 31.2 Å². The van der Waals surface area contributed by atoms with Crippen molar-refractivity contribution in [2.24, 2.45) is 0 Å². The van der Waals surface area contributed by atoms with Gasteiger partial charge in [-0.1, -0.05) is 35.9 Å². The van der Waals surface area contributed by atoms with Crippen molar-refractivity contribution < 1.29 is 14.4 Å².